The van der Waals surface area contributed by atoms with Gasteiger partial charge in [0.05, 0.1) is 11.1 Å². The lowest BCUT2D eigenvalue weighted by Crippen LogP contribution is -2.03. The summed E-state index contributed by atoms with van der Waals surface area (Å²) >= 11 is 9.34. The van der Waals surface area contributed by atoms with Crippen LogP contribution in [0.5, 0.6) is 0 Å². The van der Waals surface area contributed by atoms with Crippen LogP contribution in [0, 0.1) is 6.92 Å². The molecule has 0 aliphatic heterocycles. The van der Waals surface area contributed by atoms with E-state index in [0.29, 0.717) is 11.4 Å². The van der Waals surface area contributed by atoms with E-state index in [-0.39, 0.29) is 0 Å². The molecule has 0 bridgehead atoms. The molecule has 0 saturated heterocycles. The molecule has 0 amide bonds. The molecule has 2 rings (SSSR count). The van der Waals surface area contributed by atoms with Crippen molar-refractivity contribution in [2.45, 2.75) is 19.4 Å². The maximum atomic E-state index is 10.1. The number of aliphatic hydroxyl groups is 1. The minimum absolute atomic E-state index is 0.484. The van der Waals surface area contributed by atoms with E-state index < -0.39 is 6.10 Å². The van der Waals surface area contributed by atoms with Gasteiger partial charge < -0.3 is 5.11 Å². The fourth-order valence-electron chi connectivity index (χ4n) is 1.65. The molecule has 1 unspecified atom stereocenters. The van der Waals surface area contributed by atoms with Gasteiger partial charge in [0.2, 0.25) is 0 Å². The lowest BCUT2D eigenvalue weighted by molar-refractivity contribution is 0.177. The number of aliphatic hydroxyl groups excluding tert-OH is 1. The predicted molar refractivity (Wildman–Crippen MR) is 76.8 cm³/mol. The van der Waals surface area contributed by atoms with Gasteiger partial charge in [-0.2, -0.15) is 0 Å². The van der Waals surface area contributed by atoms with Crippen LogP contribution in [0.2, 0.25) is 5.02 Å². The summed E-state index contributed by atoms with van der Waals surface area (Å²) in [7, 11) is 0. The summed E-state index contributed by atoms with van der Waals surface area (Å²) in [5.74, 6) is 0. The first-order chi connectivity index (χ1) is 8.56. The third-order valence-electron chi connectivity index (χ3n) is 2.70. The highest BCUT2D eigenvalue weighted by Gasteiger charge is 2.11. The molecule has 0 radical (unpaired) electrons. The van der Waals surface area contributed by atoms with Crippen LogP contribution >= 0.6 is 27.5 Å². The normalized spacial score (nSPS) is 12.4. The third-order valence-corrected chi connectivity index (χ3v) is 3.94. The van der Waals surface area contributed by atoms with Crippen molar-refractivity contribution in [3.8, 4) is 0 Å². The van der Waals surface area contributed by atoms with Crippen molar-refractivity contribution in [2.75, 3.05) is 0 Å². The third kappa shape index (κ3) is 3.31. The van der Waals surface area contributed by atoms with Crippen LogP contribution in [-0.4, -0.2) is 10.1 Å². The number of pyridine rings is 1. The van der Waals surface area contributed by atoms with Crippen LogP contribution in [-0.2, 0) is 6.42 Å². The fourth-order valence-corrected chi connectivity index (χ4v) is 2.09. The second-order valence-corrected chi connectivity index (χ2v) is 5.48. The van der Waals surface area contributed by atoms with Gasteiger partial charge in [-0.25, -0.2) is 0 Å². The number of nitrogens with zero attached hydrogens (tertiary/aromatic N) is 1. The predicted octanol–water partition coefficient (Wildman–Crippen LogP) is 4.08. The minimum Gasteiger partial charge on any atom is -0.388 e. The number of hydrogen-bond acceptors (Lipinski definition) is 2. The lowest BCUT2D eigenvalue weighted by atomic mass is 10.0. The van der Waals surface area contributed by atoms with E-state index >= 15 is 0 Å². The molecule has 2 nitrogen and oxygen atoms in total. The number of aryl methyl sites for hydroxylation is 1. The molecule has 0 spiro atoms. The smallest absolute Gasteiger partial charge is 0.0846 e. The first-order valence-corrected chi connectivity index (χ1v) is 6.78. The second-order valence-electron chi connectivity index (χ2n) is 4.22. The van der Waals surface area contributed by atoms with Crippen molar-refractivity contribution in [1.29, 1.82) is 0 Å². The summed E-state index contributed by atoms with van der Waals surface area (Å²) in [6.45, 7) is 1.99. The van der Waals surface area contributed by atoms with Gasteiger partial charge in [0.1, 0.15) is 0 Å². The highest BCUT2D eigenvalue weighted by atomic mass is 79.9. The Morgan fingerprint density at radius 3 is 2.72 bits per heavy atom. The van der Waals surface area contributed by atoms with Crippen LogP contribution < -0.4 is 0 Å². The zero-order valence-corrected chi connectivity index (χ0v) is 12.2. The Balaban J connectivity index is 2.13. The molecular weight excluding hydrogens is 314 g/mol. The van der Waals surface area contributed by atoms with Crippen LogP contribution in [0.15, 0.2) is 41.0 Å². The van der Waals surface area contributed by atoms with Gasteiger partial charge >= 0.3 is 0 Å². The SMILES string of the molecule is Cc1ccc(CC(O)c2ccc(Br)c(Cl)c2)nc1. The molecule has 1 atom stereocenters. The Morgan fingerprint density at radius 2 is 2.11 bits per heavy atom. The van der Waals surface area contributed by atoms with Crippen molar-refractivity contribution >= 4 is 27.5 Å². The van der Waals surface area contributed by atoms with E-state index in [0.717, 1.165) is 21.3 Å². The minimum atomic E-state index is -0.592. The standard InChI is InChI=1S/C14H13BrClNO/c1-9-2-4-11(17-8-9)7-14(18)10-3-5-12(15)13(16)6-10/h2-6,8,14,18H,7H2,1H3. The zero-order chi connectivity index (χ0) is 13.1. The van der Waals surface area contributed by atoms with Crippen molar-refractivity contribution < 1.29 is 5.11 Å². The highest BCUT2D eigenvalue weighted by molar-refractivity contribution is 9.10. The largest absolute Gasteiger partial charge is 0.388 e. The number of benzene rings is 1. The molecule has 94 valence electrons. The average molecular weight is 327 g/mol. The first kappa shape index (κ1) is 13.5. The van der Waals surface area contributed by atoms with Gasteiger partial charge in [-0.3, -0.25) is 4.98 Å². The first-order valence-electron chi connectivity index (χ1n) is 5.61. The highest BCUT2D eigenvalue weighted by Crippen LogP contribution is 2.27. The quantitative estimate of drug-likeness (QED) is 0.922. The maximum absolute atomic E-state index is 10.1. The summed E-state index contributed by atoms with van der Waals surface area (Å²) < 4.78 is 0.827. The summed E-state index contributed by atoms with van der Waals surface area (Å²) in [5.41, 5.74) is 2.78. The van der Waals surface area contributed by atoms with E-state index in [4.69, 9.17) is 11.6 Å². The molecule has 18 heavy (non-hydrogen) atoms. The Morgan fingerprint density at radius 1 is 1.33 bits per heavy atom. The Kier molecular flexibility index (Phi) is 4.38. The van der Waals surface area contributed by atoms with E-state index in [2.05, 4.69) is 20.9 Å². The van der Waals surface area contributed by atoms with Gasteiger partial charge in [-0.15, -0.1) is 0 Å². The molecule has 1 aromatic heterocycles. The number of aromatic nitrogens is 1. The topological polar surface area (TPSA) is 33.1 Å². The number of rotatable bonds is 3. The summed E-state index contributed by atoms with van der Waals surface area (Å²) in [5, 5.41) is 10.7. The van der Waals surface area contributed by atoms with Gasteiger partial charge in [0.15, 0.2) is 0 Å². The summed E-state index contributed by atoms with van der Waals surface area (Å²) in [4.78, 5) is 4.28. The van der Waals surface area contributed by atoms with E-state index in [1.54, 1.807) is 12.3 Å². The van der Waals surface area contributed by atoms with Crippen LogP contribution in [0.4, 0.5) is 0 Å². The van der Waals surface area contributed by atoms with Gasteiger partial charge in [-0.1, -0.05) is 23.7 Å². The molecule has 0 saturated carbocycles. The Labute approximate surface area is 120 Å². The molecule has 2 aromatic rings. The average Bonchev–Trinajstić information content (AvgIpc) is 2.35. The molecule has 0 aliphatic carbocycles. The lowest BCUT2D eigenvalue weighted by Gasteiger charge is -2.11. The number of hydrogen-bond donors (Lipinski definition) is 1. The van der Waals surface area contributed by atoms with Crippen molar-refractivity contribution in [2.24, 2.45) is 0 Å². The van der Waals surface area contributed by atoms with Crippen molar-refractivity contribution in [1.82, 2.24) is 4.98 Å². The Bertz CT molecular complexity index is 542. The van der Waals surface area contributed by atoms with Crippen LogP contribution in [0.25, 0.3) is 0 Å². The van der Waals surface area contributed by atoms with Crippen LogP contribution in [0.3, 0.4) is 0 Å². The van der Waals surface area contributed by atoms with Gasteiger partial charge in [-0.05, 0) is 52.2 Å². The monoisotopic (exact) mass is 325 g/mol. The Hall–Kier alpha value is -0.900. The van der Waals surface area contributed by atoms with Crippen molar-refractivity contribution in [3.05, 3.63) is 62.8 Å². The van der Waals surface area contributed by atoms with Gasteiger partial charge in [0, 0.05) is 22.8 Å². The van der Waals surface area contributed by atoms with E-state index in [1.165, 1.54) is 0 Å². The summed E-state index contributed by atoms with van der Waals surface area (Å²) in [6, 6.07) is 9.38. The molecular formula is C14H13BrClNO. The van der Waals surface area contributed by atoms with E-state index in [1.807, 2.05) is 31.2 Å². The molecule has 0 aliphatic rings. The molecule has 1 aromatic carbocycles. The van der Waals surface area contributed by atoms with Crippen LogP contribution in [0.1, 0.15) is 22.9 Å². The molecule has 1 heterocycles. The maximum Gasteiger partial charge on any atom is 0.0846 e. The second kappa shape index (κ2) is 5.83. The molecule has 0 fully saturated rings. The molecule has 1 N–H and O–H groups in total. The van der Waals surface area contributed by atoms with E-state index in [9.17, 15) is 5.11 Å². The fraction of sp³-hybridized carbons (Fsp3) is 0.214. The van der Waals surface area contributed by atoms with Gasteiger partial charge in [0.25, 0.3) is 0 Å². The summed E-state index contributed by atoms with van der Waals surface area (Å²) in [6.07, 6.45) is 1.69. The molecule has 4 heteroatoms. The number of halogens is 2. The van der Waals surface area contributed by atoms with Crippen molar-refractivity contribution in [3.63, 3.8) is 0 Å². The zero-order valence-electron chi connectivity index (χ0n) is 9.90.